The zero-order valence-corrected chi connectivity index (χ0v) is 21.6. The standard InChI is InChI=1S/C30H33N3O4/c1-4-17-37-25-11-7-10-23(18-25)28(34)26-27(22-12-14-24(15-13-22)32(5-2)6-3)33(30(36)29(26)35)20-21-9-8-16-31-19-21/h7-16,18-19,27,34H,4-6,17,20H2,1-3H3/b28-26-. The number of amides is 1. The first-order chi connectivity index (χ1) is 18.0. The lowest BCUT2D eigenvalue weighted by Crippen LogP contribution is -2.29. The third kappa shape index (κ3) is 5.50. The normalized spacial score (nSPS) is 16.7. The highest BCUT2D eigenvalue weighted by molar-refractivity contribution is 6.46. The average molecular weight is 500 g/mol. The number of aromatic nitrogens is 1. The first kappa shape index (κ1) is 25.9. The number of nitrogens with zero attached hydrogens (tertiary/aromatic N) is 3. The van der Waals surface area contributed by atoms with Crippen molar-refractivity contribution < 1.29 is 19.4 Å². The first-order valence-electron chi connectivity index (χ1n) is 12.7. The SMILES string of the molecule is CCCOc1cccc(/C(O)=C2/C(=O)C(=O)N(Cc3cccnc3)C2c2ccc(N(CC)CC)cc2)c1. The van der Waals surface area contributed by atoms with E-state index in [4.69, 9.17) is 4.74 Å². The number of anilines is 1. The van der Waals surface area contributed by atoms with Crippen LogP contribution in [-0.2, 0) is 16.1 Å². The second kappa shape index (κ2) is 11.7. The van der Waals surface area contributed by atoms with Crippen LogP contribution in [0.25, 0.3) is 5.76 Å². The molecule has 7 heteroatoms. The predicted molar refractivity (Wildman–Crippen MR) is 144 cm³/mol. The smallest absolute Gasteiger partial charge is 0.295 e. The number of pyridine rings is 1. The Labute approximate surface area is 218 Å². The molecule has 3 aromatic rings. The van der Waals surface area contributed by atoms with E-state index in [1.54, 1.807) is 42.7 Å². The van der Waals surface area contributed by atoms with Crippen molar-refractivity contribution in [1.82, 2.24) is 9.88 Å². The minimum atomic E-state index is -0.744. The Morgan fingerprint density at radius 3 is 2.43 bits per heavy atom. The number of hydrogen-bond acceptors (Lipinski definition) is 6. The molecule has 1 aliphatic heterocycles. The molecule has 0 bridgehead atoms. The zero-order valence-electron chi connectivity index (χ0n) is 21.6. The third-order valence-corrected chi connectivity index (χ3v) is 6.53. The van der Waals surface area contributed by atoms with Crippen LogP contribution in [0.5, 0.6) is 5.75 Å². The van der Waals surface area contributed by atoms with Crippen LogP contribution in [-0.4, -0.2) is 46.4 Å². The molecule has 7 nitrogen and oxygen atoms in total. The van der Waals surface area contributed by atoms with E-state index in [0.717, 1.165) is 36.3 Å². The molecule has 1 atom stereocenters. The lowest BCUT2D eigenvalue weighted by atomic mass is 9.95. The molecule has 0 radical (unpaired) electrons. The maximum Gasteiger partial charge on any atom is 0.295 e. The van der Waals surface area contributed by atoms with Gasteiger partial charge >= 0.3 is 0 Å². The molecular weight excluding hydrogens is 466 g/mol. The van der Waals surface area contributed by atoms with Crippen molar-refractivity contribution in [3.05, 3.63) is 95.3 Å². The Bertz CT molecular complexity index is 1270. The summed E-state index contributed by atoms with van der Waals surface area (Å²) in [5.74, 6) is -0.983. The van der Waals surface area contributed by atoms with Gasteiger partial charge in [0.2, 0.25) is 0 Å². The molecule has 0 saturated carbocycles. The summed E-state index contributed by atoms with van der Waals surface area (Å²) in [7, 11) is 0. The summed E-state index contributed by atoms with van der Waals surface area (Å²) < 4.78 is 5.72. The Morgan fingerprint density at radius 1 is 1.03 bits per heavy atom. The number of hydrogen-bond donors (Lipinski definition) is 1. The molecule has 1 fully saturated rings. The molecule has 1 amide bonds. The van der Waals surface area contributed by atoms with Crippen molar-refractivity contribution in [2.24, 2.45) is 0 Å². The number of carbonyl (C=O) groups excluding carboxylic acids is 2. The number of carbonyl (C=O) groups is 2. The van der Waals surface area contributed by atoms with Crippen LogP contribution >= 0.6 is 0 Å². The van der Waals surface area contributed by atoms with Crippen molar-refractivity contribution in [3.63, 3.8) is 0 Å². The lowest BCUT2D eigenvalue weighted by Gasteiger charge is -2.26. The van der Waals surface area contributed by atoms with Gasteiger partial charge in [0.05, 0.1) is 18.2 Å². The number of ether oxygens (including phenoxy) is 1. The number of likely N-dealkylation sites (tertiary alicyclic amines) is 1. The van der Waals surface area contributed by atoms with Gasteiger partial charge in [0.1, 0.15) is 11.5 Å². The molecular formula is C30H33N3O4. The summed E-state index contributed by atoms with van der Waals surface area (Å²) in [6.45, 7) is 8.67. The van der Waals surface area contributed by atoms with Gasteiger partial charge < -0.3 is 19.6 Å². The monoisotopic (exact) mass is 499 g/mol. The van der Waals surface area contributed by atoms with E-state index in [1.165, 1.54) is 4.90 Å². The fourth-order valence-electron chi connectivity index (χ4n) is 4.64. The van der Waals surface area contributed by atoms with Crippen molar-refractivity contribution >= 4 is 23.1 Å². The lowest BCUT2D eigenvalue weighted by molar-refractivity contribution is -0.140. The largest absolute Gasteiger partial charge is 0.507 e. The molecule has 1 unspecified atom stereocenters. The van der Waals surface area contributed by atoms with E-state index >= 15 is 0 Å². The van der Waals surface area contributed by atoms with E-state index in [1.807, 2.05) is 37.3 Å². The first-order valence-corrected chi connectivity index (χ1v) is 12.7. The van der Waals surface area contributed by atoms with Crippen LogP contribution in [0.1, 0.15) is 49.9 Å². The molecule has 2 heterocycles. The fraction of sp³-hybridized carbons (Fsp3) is 0.300. The number of ketones is 1. The van der Waals surface area contributed by atoms with Crippen LogP contribution in [0.2, 0.25) is 0 Å². The summed E-state index contributed by atoms with van der Waals surface area (Å²) in [6.07, 6.45) is 4.18. The zero-order chi connectivity index (χ0) is 26.4. The second-order valence-electron chi connectivity index (χ2n) is 8.93. The number of benzene rings is 2. The van der Waals surface area contributed by atoms with Crippen molar-refractivity contribution in [2.45, 2.75) is 39.8 Å². The molecule has 1 aromatic heterocycles. The van der Waals surface area contributed by atoms with Crippen LogP contribution in [0.15, 0.2) is 78.6 Å². The van der Waals surface area contributed by atoms with E-state index < -0.39 is 17.7 Å². The van der Waals surface area contributed by atoms with Gasteiger partial charge in [-0.15, -0.1) is 0 Å². The van der Waals surface area contributed by atoms with Gasteiger partial charge in [-0.2, -0.15) is 0 Å². The summed E-state index contributed by atoms with van der Waals surface area (Å²) in [4.78, 5) is 34.5. The maximum absolute atomic E-state index is 13.4. The Kier molecular flexibility index (Phi) is 8.23. The van der Waals surface area contributed by atoms with E-state index in [-0.39, 0.29) is 17.9 Å². The third-order valence-electron chi connectivity index (χ3n) is 6.53. The Morgan fingerprint density at radius 2 is 1.78 bits per heavy atom. The topological polar surface area (TPSA) is 83.0 Å². The number of Topliss-reactive ketones (excluding diaryl/α,β-unsaturated/α-hetero) is 1. The van der Waals surface area contributed by atoms with E-state index in [2.05, 4.69) is 23.7 Å². The molecule has 4 rings (SSSR count). The van der Waals surface area contributed by atoms with Crippen LogP contribution in [0.4, 0.5) is 5.69 Å². The van der Waals surface area contributed by atoms with Gasteiger partial charge in [0.15, 0.2) is 0 Å². The summed E-state index contributed by atoms with van der Waals surface area (Å²) in [5.41, 5.74) is 3.09. The molecule has 37 heavy (non-hydrogen) atoms. The molecule has 0 aliphatic carbocycles. The van der Waals surface area contributed by atoms with Crippen LogP contribution in [0.3, 0.4) is 0 Å². The number of aliphatic hydroxyl groups is 1. The molecule has 1 saturated heterocycles. The highest BCUT2D eigenvalue weighted by Crippen LogP contribution is 2.41. The van der Waals surface area contributed by atoms with Gasteiger partial charge in [-0.25, -0.2) is 0 Å². The average Bonchev–Trinajstić information content (AvgIpc) is 3.18. The minimum absolute atomic E-state index is 0.0668. The Hall–Kier alpha value is -4.13. The molecule has 2 aromatic carbocycles. The summed E-state index contributed by atoms with van der Waals surface area (Å²) in [6, 6.07) is 17.7. The van der Waals surface area contributed by atoms with E-state index in [0.29, 0.717) is 17.9 Å². The highest BCUT2D eigenvalue weighted by Gasteiger charge is 2.46. The second-order valence-corrected chi connectivity index (χ2v) is 8.93. The van der Waals surface area contributed by atoms with Gasteiger partial charge in [-0.05, 0) is 61.7 Å². The van der Waals surface area contributed by atoms with Crippen molar-refractivity contribution in [3.8, 4) is 5.75 Å². The van der Waals surface area contributed by atoms with Crippen molar-refractivity contribution in [2.75, 3.05) is 24.6 Å². The van der Waals surface area contributed by atoms with Gasteiger partial charge in [-0.1, -0.05) is 37.3 Å². The molecule has 1 aliphatic rings. The fourth-order valence-corrected chi connectivity index (χ4v) is 4.64. The van der Waals surface area contributed by atoms with Gasteiger partial charge in [0, 0.05) is 43.3 Å². The van der Waals surface area contributed by atoms with Gasteiger partial charge in [0.25, 0.3) is 11.7 Å². The van der Waals surface area contributed by atoms with Crippen LogP contribution < -0.4 is 9.64 Å². The number of aliphatic hydroxyl groups excluding tert-OH is 1. The number of rotatable bonds is 10. The summed E-state index contributed by atoms with van der Waals surface area (Å²) in [5, 5.41) is 11.4. The Balaban J connectivity index is 1.81. The van der Waals surface area contributed by atoms with E-state index in [9.17, 15) is 14.7 Å². The molecule has 0 spiro atoms. The minimum Gasteiger partial charge on any atom is -0.507 e. The molecule has 192 valence electrons. The quantitative estimate of drug-likeness (QED) is 0.230. The van der Waals surface area contributed by atoms with Crippen LogP contribution in [0, 0.1) is 0 Å². The predicted octanol–water partition coefficient (Wildman–Crippen LogP) is 5.34. The summed E-state index contributed by atoms with van der Waals surface area (Å²) >= 11 is 0. The van der Waals surface area contributed by atoms with Crippen molar-refractivity contribution in [1.29, 1.82) is 0 Å². The highest BCUT2D eigenvalue weighted by atomic mass is 16.5. The van der Waals surface area contributed by atoms with Gasteiger partial charge in [-0.3, -0.25) is 14.6 Å². The maximum atomic E-state index is 13.4. The molecule has 1 N–H and O–H groups in total.